The summed E-state index contributed by atoms with van der Waals surface area (Å²) in [5, 5.41) is 1.56. The molecule has 34 heavy (non-hydrogen) atoms. The first-order valence-corrected chi connectivity index (χ1v) is 13.4. The molecular weight excluding hydrogens is 415 g/mol. The van der Waals surface area contributed by atoms with Crippen molar-refractivity contribution < 1.29 is 4.39 Å². The normalized spacial score (nSPS) is 18.0. The maximum Gasteiger partial charge on any atom is 0.133 e. The van der Waals surface area contributed by atoms with E-state index in [1.165, 1.54) is 76.2 Å². The fourth-order valence-electron chi connectivity index (χ4n) is 5.42. The van der Waals surface area contributed by atoms with Crippen molar-refractivity contribution in [3.05, 3.63) is 82.7 Å². The molecule has 0 unspecified atom stereocenters. The van der Waals surface area contributed by atoms with Crippen LogP contribution >= 0.6 is 0 Å². The van der Waals surface area contributed by atoms with Crippen LogP contribution in [0.4, 0.5) is 4.39 Å². The second-order valence-corrected chi connectivity index (χ2v) is 10.4. The van der Waals surface area contributed by atoms with Gasteiger partial charge in [0.2, 0.25) is 0 Å². The Hall–Kier alpha value is -2.59. The summed E-state index contributed by atoms with van der Waals surface area (Å²) in [4.78, 5) is 0. The Morgan fingerprint density at radius 1 is 0.765 bits per heavy atom. The predicted octanol–water partition coefficient (Wildman–Crippen LogP) is 9.40. The Balaban J connectivity index is 1.25. The van der Waals surface area contributed by atoms with Crippen molar-refractivity contribution in [3.63, 3.8) is 0 Å². The first-order chi connectivity index (χ1) is 16.6. The van der Waals surface area contributed by atoms with Crippen LogP contribution in [0, 0.1) is 36.4 Å². The molecule has 0 spiro atoms. The van der Waals surface area contributed by atoms with Gasteiger partial charge in [-0.15, -0.1) is 0 Å². The SMILES string of the molecule is CCCCCCC1CCC(CCc2ccc(C#Cc3ccc4c(F)c(C)ccc4c3)cc2)CC1. The van der Waals surface area contributed by atoms with Gasteiger partial charge >= 0.3 is 0 Å². The van der Waals surface area contributed by atoms with Gasteiger partial charge < -0.3 is 0 Å². The molecular formula is C33H39F. The van der Waals surface area contributed by atoms with Gasteiger partial charge in [0, 0.05) is 16.5 Å². The van der Waals surface area contributed by atoms with E-state index in [1.54, 1.807) is 6.92 Å². The quantitative estimate of drug-likeness (QED) is 0.235. The summed E-state index contributed by atoms with van der Waals surface area (Å²) in [7, 11) is 0. The maximum absolute atomic E-state index is 14.2. The van der Waals surface area contributed by atoms with Crippen LogP contribution in [0.25, 0.3) is 10.8 Å². The molecule has 1 aliphatic carbocycles. The van der Waals surface area contributed by atoms with Gasteiger partial charge in [-0.2, -0.15) is 0 Å². The summed E-state index contributed by atoms with van der Waals surface area (Å²) in [5.74, 6) is 8.28. The number of fused-ring (bicyclic) bond motifs is 1. The van der Waals surface area contributed by atoms with Crippen LogP contribution in [0.5, 0.6) is 0 Å². The molecule has 0 atom stereocenters. The Kier molecular flexibility index (Phi) is 8.81. The van der Waals surface area contributed by atoms with Crippen molar-refractivity contribution in [3.8, 4) is 11.8 Å². The molecule has 1 aliphatic rings. The number of benzene rings is 3. The van der Waals surface area contributed by atoms with E-state index in [0.717, 1.165) is 28.3 Å². The van der Waals surface area contributed by atoms with Crippen LogP contribution in [-0.2, 0) is 6.42 Å². The van der Waals surface area contributed by atoms with Gasteiger partial charge in [0.05, 0.1) is 0 Å². The van der Waals surface area contributed by atoms with E-state index in [1.807, 2.05) is 30.3 Å². The molecule has 0 amide bonds. The first-order valence-electron chi connectivity index (χ1n) is 13.4. The van der Waals surface area contributed by atoms with Crippen molar-refractivity contribution in [2.45, 2.75) is 84.5 Å². The lowest BCUT2D eigenvalue weighted by Gasteiger charge is -2.28. The highest BCUT2D eigenvalue weighted by Gasteiger charge is 2.20. The minimum atomic E-state index is -0.136. The number of hydrogen-bond donors (Lipinski definition) is 0. The predicted molar refractivity (Wildman–Crippen MR) is 144 cm³/mol. The zero-order chi connectivity index (χ0) is 23.8. The highest BCUT2D eigenvalue weighted by molar-refractivity contribution is 5.85. The molecule has 1 fully saturated rings. The van der Waals surface area contributed by atoms with Crippen molar-refractivity contribution in [2.75, 3.05) is 0 Å². The van der Waals surface area contributed by atoms with Gasteiger partial charge in [0.15, 0.2) is 0 Å². The second kappa shape index (κ2) is 12.2. The number of hydrogen-bond acceptors (Lipinski definition) is 0. The molecule has 0 saturated heterocycles. The molecule has 3 aromatic carbocycles. The van der Waals surface area contributed by atoms with Gasteiger partial charge in [0.25, 0.3) is 0 Å². The lowest BCUT2D eigenvalue weighted by molar-refractivity contribution is 0.249. The Labute approximate surface area is 206 Å². The third-order valence-corrected chi connectivity index (χ3v) is 7.73. The van der Waals surface area contributed by atoms with E-state index in [4.69, 9.17) is 0 Å². The number of aryl methyl sites for hydroxylation is 2. The van der Waals surface area contributed by atoms with E-state index in [-0.39, 0.29) is 5.82 Å². The first kappa shape index (κ1) is 24.5. The second-order valence-electron chi connectivity index (χ2n) is 10.4. The van der Waals surface area contributed by atoms with Gasteiger partial charge in [-0.3, -0.25) is 0 Å². The van der Waals surface area contributed by atoms with Crippen molar-refractivity contribution in [1.82, 2.24) is 0 Å². The molecule has 178 valence electrons. The monoisotopic (exact) mass is 454 g/mol. The molecule has 4 rings (SSSR count). The van der Waals surface area contributed by atoms with Crippen LogP contribution < -0.4 is 0 Å². The fourth-order valence-corrected chi connectivity index (χ4v) is 5.42. The Morgan fingerprint density at radius 2 is 1.44 bits per heavy atom. The lowest BCUT2D eigenvalue weighted by atomic mass is 9.77. The minimum absolute atomic E-state index is 0.136. The van der Waals surface area contributed by atoms with Gasteiger partial charge in [-0.05, 0) is 72.4 Å². The van der Waals surface area contributed by atoms with E-state index in [2.05, 4.69) is 43.0 Å². The zero-order valence-electron chi connectivity index (χ0n) is 21.0. The molecule has 0 heterocycles. The average Bonchev–Trinajstić information content (AvgIpc) is 2.87. The molecule has 0 aliphatic heterocycles. The minimum Gasteiger partial charge on any atom is -0.206 e. The van der Waals surface area contributed by atoms with E-state index < -0.39 is 0 Å². The van der Waals surface area contributed by atoms with Gasteiger partial charge in [0.1, 0.15) is 5.82 Å². The lowest BCUT2D eigenvalue weighted by Crippen LogP contribution is -2.15. The maximum atomic E-state index is 14.2. The average molecular weight is 455 g/mol. The molecule has 3 aromatic rings. The van der Waals surface area contributed by atoms with E-state index >= 15 is 0 Å². The fraction of sp³-hybridized carbons (Fsp3) is 0.455. The molecule has 0 aromatic heterocycles. The third kappa shape index (κ3) is 6.73. The molecule has 1 saturated carbocycles. The summed E-state index contributed by atoms with van der Waals surface area (Å²) >= 11 is 0. The van der Waals surface area contributed by atoms with Crippen molar-refractivity contribution >= 4 is 10.8 Å². The number of unbranched alkanes of at least 4 members (excludes halogenated alkanes) is 3. The van der Waals surface area contributed by atoms with Crippen molar-refractivity contribution in [2.24, 2.45) is 11.8 Å². The summed E-state index contributed by atoms with van der Waals surface area (Å²) in [6.45, 7) is 4.09. The summed E-state index contributed by atoms with van der Waals surface area (Å²) in [6, 6.07) is 18.3. The van der Waals surface area contributed by atoms with Crippen molar-refractivity contribution in [1.29, 1.82) is 0 Å². The van der Waals surface area contributed by atoms with Crippen LogP contribution in [0.15, 0.2) is 54.6 Å². The van der Waals surface area contributed by atoms with Gasteiger partial charge in [-0.1, -0.05) is 107 Å². The van der Waals surface area contributed by atoms with Crippen LogP contribution in [0.3, 0.4) is 0 Å². The number of rotatable bonds is 8. The summed E-state index contributed by atoms with van der Waals surface area (Å²) in [6.07, 6.45) is 15.3. The van der Waals surface area contributed by atoms with E-state index in [0.29, 0.717) is 10.9 Å². The largest absolute Gasteiger partial charge is 0.206 e. The highest BCUT2D eigenvalue weighted by Crippen LogP contribution is 2.34. The molecule has 1 heteroatoms. The standard InChI is InChI=1S/C33H39F/c1-3-4-5-6-7-26-9-11-27(12-10-26)13-14-28-15-17-29(18-16-28)19-20-30-21-23-32-31(24-30)22-8-25(2)33(32)34/h8,15-18,21-24,26-27H,3-7,9-14H2,1-2H3. The highest BCUT2D eigenvalue weighted by atomic mass is 19.1. The third-order valence-electron chi connectivity index (χ3n) is 7.73. The van der Waals surface area contributed by atoms with E-state index in [9.17, 15) is 4.39 Å². The Morgan fingerprint density at radius 3 is 2.18 bits per heavy atom. The zero-order valence-corrected chi connectivity index (χ0v) is 21.0. The molecule has 0 N–H and O–H groups in total. The summed E-state index contributed by atoms with van der Waals surface area (Å²) < 4.78 is 14.2. The van der Waals surface area contributed by atoms with Crippen LogP contribution in [-0.4, -0.2) is 0 Å². The molecule has 0 radical (unpaired) electrons. The van der Waals surface area contributed by atoms with Gasteiger partial charge in [-0.25, -0.2) is 4.39 Å². The van der Waals surface area contributed by atoms with Crippen LogP contribution in [0.2, 0.25) is 0 Å². The Bertz CT molecular complexity index is 1120. The molecule has 0 bridgehead atoms. The molecule has 0 nitrogen and oxygen atoms in total. The summed E-state index contributed by atoms with van der Waals surface area (Å²) in [5.41, 5.74) is 4.05. The van der Waals surface area contributed by atoms with Crippen LogP contribution in [0.1, 0.15) is 93.4 Å². The smallest absolute Gasteiger partial charge is 0.133 e. The number of halogens is 1. The topological polar surface area (TPSA) is 0 Å².